The number of benzene rings is 2. The molecule has 0 bridgehead atoms. The lowest BCUT2D eigenvalue weighted by Crippen LogP contribution is -2.52. The molecule has 5 rings (SSSR count). The molecule has 7 nitrogen and oxygen atoms in total. The van der Waals surface area contributed by atoms with Crippen LogP contribution in [0.4, 0.5) is 5.69 Å². The van der Waals surface area contributed by atoms with Crippen molar-refractivity contribution in [3.63, 3.8) is 0 Å². The number of piperidine rings is 1. The number of amides is 3. The number of rotatable bonds is 4. The highest BCUT2D eigenvalue weighted by atomic mass is 16.2. The van der Waals surface area contributed by atoms with Gasteiger partial charge in [0.05, 0.1) is 0 Å². The summed E-state index contributed by atoms with van der Waals surface area (Å²) in [5.74, 6) is -0.773. The number of nitrogens with two attached hydrogens (primary N) is 1. The fourth-order valence-corrected chi connectivity index (χ4v) is 5.02. The van der Waals surface area contributed by atoms with Crippen LogP contribution in [0.25, 0.3) is 0 Å². The molecule has 31 heavy (non-hydrogen) atoms. The topological polar surface area (TPSA) is 95.7 Å². The number of carbonyl (C=O) groups is 3. The average Bonchev–Trinajstić information content (AvgIpc) is 3.11. The van der Waals surface area contributed by atoms with Gasteiger partial charge in [0.25, 0.3) is 5.91 Å². The molecule has 160 valence electrons. The zero-order chi connectivity index (χ0) is 21.5. The van der Waals surface area contributed by atoms with E-state index >= 15 is 0 Å². The fourth-order valence-electron chi connectivity index (χ4n) is 5.02. The third-order valence-corrected chi connectivity index (χ3v) is 6.63. The number of anilines is 1. The zero-order valence-electron chi connectivity index (χ0n) is 17.4. The maximum absolute atomic E-state index is 13.1. The Balaban J connectivity index is 1.41. The molecule has 3 N–H and O–H groups in total. The van der Waals surface area contributed by atoms with Crippen LogP contribution in [0, 0.1) is 0 Å². The largest absolute Gasteiger partial charge is 0.367 e. The van der Waals surface area contributed by atoms with Gasteiger partial charge in [-0.1, -0.05) is 24.3 Å². The second-order valence-corrected chi connectivity index (χ2v) is 8.54. The van der Waals surface area contributed by atoms with Gasteiger partial charge >= 0.3 is 0 Å². The molecule has 1 atom stereocenters. The van der Waals surface area contributed by atoms with E-state index in [0.29, 0.717) is 31.6 Å². The molecule has 2 aromatic rings. The first-order valence-electron chi connectivity index (χ1n) is 10.9. The number of nitrogens with zero attached hydrogens (tertiary/aromatic N) is 2. The molecule has 0 aromatic heterocycles. The van der Waals surface area contributed by atoms with Gasteiger partial charge in [-0.25, -0.2) is 0 Å². The molecule has 2 aromatic carbocycles. The van der Waals surface area contributed by atoms with Crippen molar-refractivity contribution in [3.8, 4) is 0 Å². The monoisotopic (exact) mass is 418 g/mol. The van der Waals surface area contributed by atoms with E-state index in [1.807, 2.05) is 12.1 Å². The molecule has 3 heterocycles. The van der Waals surface area contributed by atoms with E-state index < -0.39 is 6.04 Å². The molecular weight excluding hydrogens is 392 g/mol. The smallest absolute Gasteiger partial charge is 0.255 e. The van der Waals surface area contributed by atoms with E-state index in [4.69, 9.17) is 5.73 Å². The summed E-state index contributed by atoms with van der Waals surface area (Å²) in [5.41, 5.74) is 12.3. The van der Waals surface area contributed by atoms with Crippen molar-refractivity contribution in [1.29, 1.82) is 0 Å². The predicted molar refractivity (Wildman–Crippen MR) is 116 cm³/mol. The van der Waals surface area contributed by atoms with Crippen LogP contribution in [0.15, 0.2) is 36.4 Å². The molecule has 0 saturated carbocycles. The first-order valence-corrected chi connectivity index (χ1v) is 10.9. The number of imide groups is 1. The molecule has 1 saturated heterocycles. The van der Waals surface area contributed by atoms with Crippen molar-refractivity contribution >= 4 is 23.4 Å². The molecule has 7 heteroatoms. The molecule has 1 unspecified atom stereocenters. The molecule has 3 aliphatic rings. The van der Waals surface area contributed by atoms with Gasteiger partial charge in [-0.3, -0.25) is 19.7 Å². The van der Waals surface area contributed by atoms with Crippen molar-refractivity contribution < 1.29 is 14.4 Å². The second-order valence-electron chi connectivity index (χ2n) is 8.54. The Bertz CT molecular complexity index is 1080. The van der Waals surface area contributed by atoms with Crippen LogP contribution in [0.5, 0.6) is 0 Å². The molecule has 0 aliphatic carbocycles. The number of aryl methyl sites for hydroxylation is 1. The molecule has 3 aliphatic heterocycles. The van der Waals surface area contributed by atoms with Crippen LogP contribution in [-0.4, -0.2) is 35.2 Å². The molecule has 1 fully saturated rings. The number of fused-ring (bicyclic) bond motifs is 2. The van der Waals surface area contributed by atoms with Crippen LogP contribution < -0.4 is 16.0 Å². The minimum absolute atomic E-state index is 0.127. The van der Waals surface area contributed by atoms with Gasteiger partial charge in [0.15, 0.2) is 0 Å². The third kappa shape index (κ3) is 3.49. The summed E-state index contributed by atoms with van der Waals surface area (Å²) in [6, 6.07) is 11.7. The minimum Gasteiger partial charge on any atom is -0.367 e. The maximum atomic E-state index is 13.1. The average molecular weight is 418 g/mol. The Morgan fingerprint density at radius 3 is 2.77 bits per heavy atom. The summed E-state index contributed by atoms with van der Waals surface area (Å²) >= 11 is 0. The summed E-state index contributed by atoms with van der Waals surface area (Å²) in [6.07, 6.45) is 2.77. The van der Waals surface area contributed by atoms with Crippen molar-refractivity contribution in [1.82, 2.24) is 10.2 Å². The molecule has 0 radical (unpaired) electrons. The lowest BCUT2D eigenvalue weighted by molar-refractivity contribution is -0.136. The van der Waals surface area contributed by atoms with Crippen molar-refractivity contribution in [2.24, 2.45) is 5.73 Å². The highest BCUT2D eigenvalue weighted by Crippen LogP contribution is 2.33. The van der Waals surface area contributed by atoms with E-state index in [2.05, 4.69) is 34.5 Å². The lowest BCUT2D eigenvalue weighted by Gasteiger charge is -2.32. The van der Waals surface area contributed by atoms with Crippen molar-refractivity contribution in [2.45, 2.75) is 51.4 Å². The number of carbonyl (C=O) groups excluding carboxylic acids is 3. The lowest BCUT2D eigenvalue weighted by atomic mass is 9.97. The Hall–Kier alpha value is -3.19. The molecule has 0 spiro atoms. The van der Waals surface area contributed by atoms with Gasteiger partial charge in [0, 0.05) is 43.9 Å². The summed E-state index contributed by atoms with van der Waals surface area (Å²) in [6.45, 7) is 2.62. The SMILES string of the molecule is NCc1ccc2c(c1)CCCN2Cc1cccc2c1CN(C1CCC(=O)NC1=O)C2=O. The van der Waals surface area contributed by atoms with E-state index in [-0.39, 0.29) is 24.1 Å². The van der Waals surface area contributed by atoms with Gasteiger partial charge in [0.2, 0.25) is 11.8 Å². The van der Waals surface area contributed by atoms with E-state index in [1.165, 1.54) is 11.3 Å². The van der Waals surface area contributed by atoms with Crippen molar-refractivity contribution in [3.05, 3.63) is 64.2 Å². The molecule has 3 amide bonds. The normalized spacial score (nSPS) is 20.5. The Morgan fingerprint density at radius 2 is 1.97 bits per heavy atom. The van der Waals surface area contributed by atoms with Gasteiger partial charge in [-0.05, 0) is 53.6 Å². The van der Waals surface area contributed by atoms with Crippen LogP contribution in [0.2, 0.25) is 0 Å². The Kier molecular flexibility index (Phi) is 4.98. The second kappa shape index (κ2) is 7.81. The minimum atomic E-state index is -0.587. The highest BCUT2D eigenvalue weighted by molar-refractivity contribution is 6.05. The van der Waals surface area contributed by atoms with E-state index in [9.17, 15) is 14.4 Å². The van der Waals surface area contributed by atoms with Gasteiger partial charge in [0.1, 0.15) is 6.04 Å². The van der Waals surface area contributed by atoms with Crippen LogP contribution in [0.3, 0.4) is 0 Å². The van der Waals surface area contributed by atoms with E-state index in [0.717, 1.165) is 36.1 Å². The number of nitrogens with one attached hydrogen (secondary N) is 1. The molecular formula is C24H26N4O3. The summed E-state index contributed by atoms with van der Waals surface area (Å²) < 4.78 is 0. The van der Waals surface area contributed by atoms with Crippen LogP contribution in [-0.2, 0) is 35.6 Å². The first-order chi connectivity index (χ1) is 15.0. The standard InChI is InChI=1S/C24H26N4O3/c25-12-15-6-7-20-16(11-15)4-2-10-27(20)13-17-3-1-5-18-19(17)14-28(24(18)31)21-8-9-22(29)26-23(21)30/h1,3,5-7,11,21H,2,4,8-10,12-14,25H2,(H,26,29,30). The summed E-state index contributed by atoms with van der Waals surface area (Å²) in [7, 11) is 0. The highest BCUT2D eigenvalue weighted by Gasteiger charge is 2.39. The van der Waals surface area contributed by atoms with Crippen LogP contribution >= 0.6 is 0 Å². The summed E-state index contributed by atoms with van der Waals surface area (Å²) in [5, 5.41) is 2.37. The van der Waals surface area contributed by atoms with Crippen LogP contribution in [0.1, 0.15) is 51.9 Å². The fraction of sp³-hybridized carbons (Fsp3) is 0.375. The Labute approximate surface area is 181 Å². The Morgan fingerprint density at radius 1 is 1.10 bits per heavy atom. The zero-order valence-corrected chi connectivity index (χ0v) is 17.4. The van der Waals surface area contributed by atoms with Gasteiger partial charge in [-0.2, -0.15) is 0 Å². The summed E-state index contributed by atoms with van der Waals surface area (Å²) in [4.78, 5) is 40.9. The first kappa shape index (κ1) is 19.8. The number of hydrogen-bond donors (Lipinski definition) is 2. The van der Waals surface area contributed by atoms with Gasteiger partial charge in [-0.15, -0.1) is 0 Å². The predicted octanol–water partition coefficient (Wildman–Crippen LogP) is 1.86. The quantitative estimate of drug-likeness (QED) is 0.739. The maximum Gasteiger partial charge on any atom is 0.255 e. The third-order valence-electron chi connectivity index (χ3n) is 6.63. The van der Waals surface area contributed by atoms with Gasteiger partial charge < -0.3 is 15.5 Å². The van der Waals surface area contributed by atoms with E-state index in [1.54, 1.807) is 4.90 Å². The van der Waals surface area contributed by atoms with Crippen molar-refractivity contribution in [2.75, 3.05) is 11.4 Å². The number of hydrogen-bond acceptors (Lipinski definition) is 5.